The van der Waals surface area contributed by atoms with Crippen LogP contribution < -0.4 is 10.6 Å². The Labute approximate surface area is 119 Å². The first kappa shape index (κ1) is 15.9. The number of nitrogens with zero attached hydrogens (tertiary/aromatic N) is 1. The Kier molecular flexibility index (Phi) is 11.2. The molecule has 0 aromatic rings. The van der Waals surface area contributed by atoms with Crippen molar-refractivity contribution in [1.29, 1.82) is 0 Å². The molecule has 0 aliphatic carbocycles. The van der Waals surface area contributed by atoms with Crippen LogP contribution in [0.5, 0.6) is 0 Å². The van der Waals surface area contributed by atoms with Gasteiger partial charge in [-0.1, -0.05) is 0 Å². The van der Waals surface area contributed by atoms with Crippen molar-refractivity contribution >= 4 is 9.30 Å². The third kappa shape index (κ3) is 9.46. The minimum absolute atomic E-state index is 0.358. The molecule has 0 spiro atoms. The Morgan fingerprint density at radius 2 is 1.12 bits per heavy atom. The molecule has 0 saturated carbocycles. The molecule has 17 heavy (non-hydrogen) atoms. The van der Waals surface area contributed by atoms with Crippen molar-refractivity contribution < 1.29 is 18.3 Å². The van der Waals surface area contributed by atoms with Crippen LogP contribution in [0.25, 0.3) is 0 Å². The van der Waals surface area contributed by atoms with Gasteiger partial charge < -0.3 is 0 Å². The van der Waals surface area contributed by atoms with Crippen molar-refractivity contribution in [2.24, 2.45) is 0 Å². The van der Waals surface area contributed by atoms with Crippen LogP contribution >= 0.6 is 9.30 Å². The van der Waals surface area contributed by atoms with Gasteiger partial charge in [0.05, 0.1) is 0 Å². The van der Waals surface area contributed by atoms with E-state index in [1.165, 1.54) is 77.8 Å². The fourth-order valence-corrected chi connectivity index (χ4v) is 3.51. The van der Waals surface area contributed by atoms with Gasteiger partial charge in [0.1, 0.15) is 0 Å². The minimum atomic E-state index is -0.358. The first-order valence-electron chi connectivity index (χ1n) is 6.96. The van der Waals surface area contributed by atoms with Crippen LogP contribution in [0, 0.1) is 0 Å². The van der Waals surface area contributed by atoms with Crippen molar-refractivity contribution in [3.05, 3.63) is 0 Å². The van der Waals surface area contributed by atoms with Gasteiger partial charge in [0, 0.05) is 0 Å². The van der Waals surface area contributed by atoms with Gasteiger partial charge in [0.2, 0.25) is 0 Å². The van der Waals surface area contributed by atoms with E-state index in [0.29, 0.717) is 0 Å². The predicted molar refractivity (Wildman–Crippen MR) is 70.9 cm³/mol. The molecule has 1 saturated heterocycles. The molecule has 0 atom stereocenters. The molecule has 0 amide bonds. The number of rotatable bonds is 1. The Balaban J connectivity index is 2.16. The van der Waals surface area contributed by atoms with E-state index in [-0.39, 0.29) is 18.3 Å². The van der Waals surface area contributed by atoms with Crippen LogP contribution in [0.15, 0.2) is 0 Å². The zero-order chi connectivity index (χ0) is 12.2. The molecule has 1 fully saturated rings. The zero-order valence-corrected chi connectivity index (χ0v) is 13.1. The maximum absolute atomic E-state index is 6.08. The molecular formula is C12H26ClN3Ti. The molecule has 0 radical (unpaired) electrons. The van der Waals surface area contributed by atoms with Crippen molar-refractivity contribution in [1.82, 2.24) is 14.0 Å². The Morgan fingerprint density at radius 1 is 0.706 bits per heavy atom. The van der Waals surface area contributed by atoms with Crippen LogP contribution in [-0.4, -0.2) is 42.7 Å². The van der Waals surface area contributed by atoms with Crippen LogP contribution in [-0.2, 0) is 18.3 Å². The maximum atomic E-state index is 6.08. The second-order valence-electron chi connectivity index (χ2n) is 4.69. The summed E-state index contributed by atoms with van der Waals surface area (Å²) in [4.78, 5) is 0. The van der Waals surface area contributed by atoms with E-state index in [2.05, 4.69) is 14.0 Å². The molecule has 2 N–H and O–H groups in total. The van der Waals surface area contributed by atoms with Gasteiger partial charge in [-0.15, -0.1) is 0 Å². The molecule has 0 unspecified atom stereocenters. The summed E-state index contributed by atoms with van der Waals surface area (Å²) in [5.41, 5.74) is 0. The number of hydrogen-bond donors (Lipinski definition) is 2. The average Bonchev–Trinajstić information content (AvgIpc) is 2.36. The summed E-state index contributed by atoms with van der Waals surface area (Å²) in [6.07, 6.45) is 7.76. The second-order valence-corrected chi connectivity index (χ2v) is 6.64. The van der Waals surface area contributed by atoms with E-state index < -0.39 is 0 Å². The summed E-state index contributed by atoms with van der Waals surface area (Å²) in [5, 5.41) is 7.04. The standard InChI is InChI=1S/C12H26N3.ClH.Ti/c1-2-8-14-10-5-6-12-15-11-4-3-9-13-7-1;;/h13-14H,1-12H2;1H;/q-1;;+2/p-1. The monoisotopic (exact) mass is 295 g/mol. The number of nitrogens with one attached hydrogen (secondary N) is 2. The molecular weight excluding hydrogens is 269 g/mol. The van der Waals surface area contributed by atoms with Crippen molar-refractivity contribution in [2.75, 3.05) is 39.3 Å². The number of hydrogen-bond acceptors (Lipinski definition) is 3. The van der Waals surface area contributed by atoms with Crippen molar-refractivity contribution in [3.63, 3.8) is 0 Å². The van der Waals surface area contributed by atoms with Crippen LogP contribution in [0.1, 0.15) is 38.5 Å². The van der Waals surface area contributed by atoms with Crippen LogP contribution in [0.3, 0.4) is 0 Å². The van der Waals surface area contributed by atoms with Gasteiger partial charge in [-0.05, 0) is 0 Å². The summed E-state index contributed by atoms with van der Waals surface area (Å²) in [7, 11) is 6.08. The van der Waals surface area contributed by atoms with Gasteiger partial charge in [-0.25, -0.2) is 0 Å². The molecule has 100 valence electrons. The average molecular weight is 296 g/mol. The molecule has 1 aliphatic heterocycles. The predicted octanol–water partition coefficient (Wildman–Crippen LogP) is 1.97. The summed E-state index contributed by atoms with van der Waals surface area (Å²) >= 11 is -0.358. The van der Waals surface area contributed by atoms with Crippen LogP contribution in [0.2, 0.25) is 0 Å². The fraction of sp³-hybridized carbons (Fsp3) is 1.00. The summed E-state index contributed by atoms with van der Waals surface area (Å²) < 4.78 is 2.49. The van der Waals surface area contributed by atoms with Crippen LogP contribution in [0.4, 0.5) is 0 Å². The van der Waals surface area contributed by atoms with Gasteiger partial charge in [0.25, 0.3) is 0 Å². The van der Waals surface area contributed by atoms with E-state index in [1.807, 2.05) is 0 Å². The molecule has 1 aliphatic rings. The molecule has 5 heteroatoms. The topological polar surface area (TPSA) is 27.3 Å². The third-order valence-electron chi connectivity index (χ3n) is 3.14. The molecule has 0 aromatic carbocycles. The molecule has 0 aromatic heterocycles. The van der Waals surface area contributed by atoms with E-state index in [9.17, 15) is 0 Å². The Morgan fingerprint density at radius 3 is 1.53 bits per heavy atom. The SMILES string of the molecule is [Cl][Ti][N]1CCCCNCCCCNCCCC1. The van der Waals surface area contributed by atoms with E-state index in [1.54, 1.807) is 0 Å². The molecule has 0 bridgehead atoms. The van der Waals surface area contributed by atoms with E-state index in [0.717, 1.165) is 0 Å². The quantitative estimate of drug-likeness (QED) is 0.724. The molecule has 3 nitrogen and oxygen atoms in total. The normalized spacial score (nSPS) is 23.6. The zero-order valence-electron chi connectivity index (χ0n) is 10.8. The van der Waals surface area contributed by atoms with Crippen molar-refractivity contribution in [3.8, 4) is 0 Å². The Bertz CT molecular complexity index is 156. The van der Waals surface area contributed by atoms with Crippen molar-refractivity contribution in [2.45, 2.75) is 38.5 Å². The third-order valence-corrected chi connectivity index (χ3v) is 5.20. The second kappa shape index (κ2) is 11.9. The van der Waals surface area contributed by atoms with E-state index in [4.69, 9.17) is 9.30 Å². The Hall–Kier alpha value is 0.884. The fourth-order valence-electron chi connectivity index (χ4n) is 2.05. The summed E-state index contributed by atoms with van der Waals surface area (Å²) in [6, 6.07) is 0. The summed E-state index contributed by atoms with van der Waals surface area (Å²) in [5.74, 6) is 0. The first-order chi connectivity index (χ1) is 8.43. The summed E-state index contributed by atoms with van der Waals surface area (Å²) in [6.45, 7) is 7.11. The van der Waals surface area contributed by atoms with Gasteiger partial charge >= 0.3 is 119 Å². The number of halogens is 1. The first-order valence-corrected chi connectivity index (χ1v) is 9.81. The van der Waals surface area contributed by atoms with Gasteiger partial charge in [-0.3, -0.25) is 0 Å². The van der Waals surface area contributed by atoms with E-state index >= 15 is 0 Å². The molecule has 1 rings (SSSR count). The molecule has 1 heterocycles. The van der Waals surface area contributed by atoms with Gasteiger partial charge in [-0.2, -0.15) is 0 Å². The van der Waals surface area contributed by atoms with Gasteiger partial charge in [0.15, 0.2) is 0 Å².